The Kier molecular flexibility index (Phi) is 9.86. The number of fused-ring (bicyclic) bond motifs is 3. The predicted octanol–water partition coefficient (Wildman–Crippen LogP) is 16.3. The van der Waals surface area contributed by atoms with Gasteiger partial charge in [0.1, 0.15) is 0 Å². The fourth-order valence-electron chi connectivity index (χ4n) is 9.30. The number of anilines is 3. The van der Waals surface area contributed by atoms with Gasteiger partial charge in [-0.05, 0) is 110 Å². The Morgan fingerprint density at radius 3 is 1.34 bits per heavy atom. The van der Waals surface area contributed by atoms with Gasteiger partial charge in [0.2, 0.25) is 0 Å². The lowest BCUT2D eigenvalue weighted by atomic mass is 9.82. The third kappa shape index (κ3) is 7.27. The van der Waals surface area contributed by atoms with Crippen LogP contribution in [0.4, 0.5) is 17.1 Å². The highest BCUT2D eigenvalue weighted by Crippen LogP contribution is 2.49. The van der Waals surface area contributed by atoms with Crippen molar-refractivity contribution in [3.05, 3.63) is 248 Å². The Bertz CT molecular complexity index is 3250. The maximum absolute atomic E-state index is 5.17. The highest BCUT2D eigenvalue weighted by Gasteiger charge is 2.35. The summed E-state index contributed by atoms with van der Waals surface area (Å²) in [5.41, 5.74) is 20.5. The van der Waals surface area contributed by atoms with Crippen LogP contribution < -0.4 is 4.90 Å². The van der Waals surface area contributed by atoms with Crippen LogP contribution in [-0.2, 0) is 5.41 Å². The van der Waals surface area contributed by atoms with Crippen molar-refractivity contribution in [2.45, 2.75) is 19.3 Å². The van der Waals surface area contributed by atoms with Gasteiger partial charge >= 0.3 is 0 Å². The van der Waals surface area contributed by atoms with E-state index < -0.39 is 0 Å². The first-order valence-electron chi connectivity index (χ1n) is 22.0. The van der Waals surface area contributed by atoms with Gasteiger partial charge in [-0.15, -0.1) is 0 Å². The van der Waals surface area contributed by atoms with Crippen molar-refractivity contribution in [3.8, 4) is 78.4 Å². The molecule has 304 valence electrons. The maximum atomic E-state index is 5.17. The lowest BCUT2D eigenvalue weighted by Gasteiger charge is -2.26. The van der Waals surface area contributed by atoms with E-state index >= 15 is 0 Å². The molecule has 0 saturated carbocycles. The second kappa shape index (κ2) is 16.3. The fraction of sp³-hybridized carbons (Fsp3) is 0.0492. The van der Waals surface area contributed by atoms with Crippen molar-refractivity contribution < 1.29 is 0 Å². The SMILES string of the molecule is CC1(C)c2ccccc2-c2ccc(-c3cc(-c4ccc(-c5ccc(N(c6ccccc6)c6ccc(-c7cccc(-c8ccccc8)c7)cc6)cc5)cc4)nc(-c4ccccc4)n3)cc21. The number of benzene rings is 9. The minimum absolute atomic E-state index is 0.101. The molecule has 0 fully saturated rings. The molecule has 0 amide bonds. The summed E-state index contributed by atoms with van der Waals surface area (Å²) >= 11 is 0. The molecule has 1 heterocycles. The van der Waals surface area contributed by atoms with Crippen molar-refractivity contribution >= 4 is 17.1 Å². The van der Waals surface area contributed by atoms with E-state index in [1.807, 2.05) is 18.2 Å². The third-order valence-corrected chi connectivity index (χ3v) is 12.7. The largest absolute Gasteiger partial charge is 0.311 e. The summed E-state index contributed by atoms with van der Waals surface area (Å²) in [6.07, 6.45) is 0. The molecule has 0 unspecified atom stereocenters. The lowest BCUT2D eigenvalue weighted by Crippen LogP contribution is -2.14. The molecule has 1 aliphatic rings. The fourth-order valence-corrected chi connectivity index (χ4v) is 9.30. The summed E-state index contributed by atoms with van der Waals surface area (Å²) in [7, 11) is 0. The quantitative estimate of drug-likeness (QED) is 0.145. The average Bonchev–Trinajstić information content (AvgIpc) is 3.60. The molecule has 1 aromatic heterocycles. The van der Waals surface area contributed by atoms with Crippen LogP contribution in [0.25, 0.3) is 78.4 Å². The molecule has 11 rings (SSSR count). The van der Waals surface area contributed by atoms with Gasteiger partial charge < -0.3 is 4.90 Å². The molecule has 0 aliphatic heterocycles. The summed E-state index contributed by atoms with van der Waals surface area (Å²) in [5, 5.41) is 0. The van der Waals surface area contributed by atoms with Gasteiger partial charge in [0, 0.05) is 39.2 Å². The van der Waals surface area contributed by atoms with Crippen LogP contribution in [0.15, 0.2) is 237 Å². The Labute approximate surface area is 375 Å². The van der Waals surface area contributed by atoms with Crippen molar-refractivity contribution in [2.75, 3.05) is 4.90 Å². The standard InChI is InChI=1S/C61H45N3/c1-61(2)56-24-13-12-23-54(56)55-38-33-50(40-57(55)61)59-41-58(62-60(63-59)47-17-8-4-9-18-47)46-27-25-43(26-28-46)44-29-34-52(35-30-44)64(51-21-10-5-11-22-51)53-36-31-45(32-37-53)49-20-14-19-48(39-49)42-15-6-3-7-16-42/h3-41H,1-2H3. The van der Waals surface area contributed by atoms with E-state index in [0.717, 1.165) is 56.3 Å². The monoisotopic (exact) mass is 819 g/mol. The minimum atomic E-state index is -0.101. The molecule has 0 spiro atoms. The third-order valence-electron chi connectivity index (χ3n) is 12.7. The molecule has 0 N–H and O–H groups in total. The van der Waals surface area contributed by atoms with Crippen molar-refractivity contribution in [2.24, 2.45) is 0 Å². The van der Waals surface area contributed by atoms with E-state index in [4.69, 9.17) is 9.97 Å². The van der Waals surface area contributed by atoms with Crippen LogP contribution in [0.2, 0.25) is 0 Å². The van der Waals surface area contributed by atoms with Gasteiger partial charge in [-0.3, -0.25) is 0 Å². The first-order chi connectivity index (χ1) is 31.5. The van der Waals surface area contributed by atoms with E-state index in [0.29, 0.717) is 5.82 Å². The average molecular weight is 820 g/mol. The normalized spacial score (nSPS) is 12.3. The topological polar surface area (TPSA) is 29.0 Å². The summed E-state index contributed by atoms with van der Waals surface area (Å²) in [6, 6.07) is 84.4. The molecule has 0 atom stereocenters. The zero-order valence-corrected chi connectivity index (χ0v) is 35.9. The Morgan fingerprint density at radius 1 is 0.297 bits per heavy atom. The summed E-state index contributed by atoms with van der Waals surface area (Å²) in [6.45, 7) is 4.64. The Balaban J connectivity index is 0.888. The van der Waals surface area contributed by atoms with E-state index in [-0.39, 0.29) is 5.41 Å². The first kappa shape index (κ1) is 38.8. The van der Waals surface area contributed by atoms with Crippen LogP contribution >= 0.6 is 0 Å². The highest BCUT2D eigenvalue weighted by molar-refractivity contribution is 5.85. The van der Waals surface area contributed by atoms with Crippen LogP contribution in [0.1, 0.15) is 25.0 Å². The molecule has 1 aliphatic carbocycles. The molecule has 64 heavy (non-hydrogen) atoms. The van der Waals surface area contributed by atoms with Crippen molar-refractivity contribution in [1.29, 1.82) is 0 Å². The number of rotatable bonds is 9. The molecule has 0 saturated heterocycles. The molecule has 3 heteroatoms. The van der Waals surface area contributed by atoms with Crippen LogP contribution in [0.5, 0.6) is 0 Å². The molecule has 0 radical (unpaired) electrons. The molecule has 10 aromatic rings. The Morgan fingerprint density at radius 2 is 0.719 bits per heavy atom. The highest BCUT2D eigenvalue weighted by atomic mass is 15.1. The lowest BCUT2D eigenvalue weighted by molar-refractivity contribution is 0.660. The molecular weight excluding hydrogens is 775 g/mol. The second-order valence-corrected chi connectivity index (χ2v) is 17.0. The number of hydrogen-bond donors (Lipinski definition) is 0. The van der Waals surface area contributed by atoms with Gasteiger partial charge in [-0.2, -0.15) is 0 Å². The molecular formula is C61H45N3. The van der Waals surface area contributed by atoms with Crippen LogP contribution in [0, 0.1) is 0 Å². The summed E-state index contributed by atoms with van der Waals surface area (Å²) in [5.74, 6) is 0.714. The van der Waals surface area contributed by atoms with Crippen LogP contribution in [-0.4, -0.2) is 9.97 Å². The number of nitrogens with zero attached hydrogens (tertiary/aromatic N) is 3. The molecule has 9 aromatic carbocycles. The summed E-state index contributed by atoms with van der Waals surface area (Å²) < 4.78 is 0. The van der Waals surface area contributed by atoms with Gasteiger partial charge in [-0.25, -0.2) is 9.97 Å². The molecule has 3 nitrogen and oxygen atoms in total. The van der Waals surface area contributed by atoms with Crippen LogP contribution in [0.3, 0.4) is 0 Å². The van der Waals surface area contributed by atoms with E-state index in [2.05, 4.69) is 237 Å². The van der Waals surface area contributed by atoms with Gasteiger partial charge in [0.05, 0.1) is 11.4 Å². The maximum Gasteiger partial charge on any atom is 0.160 e. The zero-order chi connectivity index (χ0) is 43.0. The smallest absolute Gasteiger partial charge is 0.160 e. The van der Waals surface area contributed by atoms with Gasteiger partial charge in [0.25, 0.3) is 0 Å². The van der Waals surface area contributed by atoms with Crippen molar-refractivity contribution in [3.63, 3.8) is 0 Å². The Hall–Kier alpha value is -8.14. The zero-order valence-electron chi connectivity index (χ0n) is 35.9. The molecule has 0 bridgehead atoms. The van der Waals surface area contributed by atoms with Gasteiger partial charge in [-0.1, -0.05) is 196 Å². The minimum Gasteiger partial charge on any atom is -0.311 e. The van der Waals surface area contributed by atoms with E-state index in [1.54, 1.807) is 0 Å². The number of para-hydroxylation sites is 1. The van der Waals surface area contributed by atoms with E-state index in [1.165, 1.54) is 44.5 Å². The van der Waals surface area contributed by atoms with Crippen molar-refractivity contribution in [1.82, 2.24) is 9.97 Å². The number of hydrogen-bond acceptors (Lipinski definition) is 3. The van der Waals surface area contributed by atoms with Gasteiger partial charge in [0.15, 0.2) is 5.82 Å². The predicted molar refractivity (Wildman–Crippen MR) is 267 cm³/mol. The number of aromatic nitrogens is 2. The summed E-state index contributed by atoms with van der Waals surface area (Å²) in [4.78, 5) is 12.6. The van der Waals surface area contributed by atoms with E-state index in [9.17, 15) is 0 Å². The second-order valence-electron chi connectivity index (χ2n) is 17.0. The first-order valence-corrected chi connectivity index (χ1v) is 22.0.